The molecule has 0 heterocycles. The molecule has 16 heavy (non-hydrogen) atoms. The van der Waals surface area contributed by atoms with Crippen LogP contribution in [-0.4, -0.2) is 0 Å². The summed E-state index contributed by atoms with van der Waals surface area (Å²) in [6, 6.07) is 1.85. The Morgan fingerprint density at radius 1 is 1.44 bits per heavy atom. The minimum absolute atomic E-state index is 0.181. The maximum absolute atomic E-state index is 12.9. The highest BCUT2D eigenvalue weighted by Crippen LogP contribution is 2.14. The smallest absolute Gasteiger partial charge is 0.136 e. The number of allylic oxidation sites excluding steroid dienone is 5. The molecule has 0 unspecified atom stereocenters. The van der Waals surface area contributed by atoms with Crippen LogP contribution < -0.4 is 0 Å². The zero-order valence-electron chi connectivity index (χ0n) is 10.8. The molecule has 0 saturated heterocycles. The Kier molecular flexibility index (Phi) is 12.5. The van der Waals surface area contributed by atoms with Gasteiger partial charge in [0.1, 0.15) is 5.83 Å². The number of hydrogen-bond acceptors (Lipinski definition) is 1. The molecule has 0 N–H and O–H groups in total. The third-order valence-electron chi connectivity index (χ3n) is 2.05. The summed E-state index contributed by atoms with van der Waals surface area (Å²) in [6.07, 6.45) is 5.27. The van der Waals surface area contributed by atoms with Gasteiger partial charge in [-0.3, -0.25) is 0 Å². The maximum atomic E-state index is 12.9. The molecule has 0 aliphatic carbocycles. The average molecular weight is 223 g/mol. The van der Waals surface area contributed by atoms with E-state index in [1.807, 2.05) is 32.9 Å². The van der Waals surface area contributed by atoms with E-state index in [9.17, 15) is 4.39 Å². The van der Waals surface area contributed by atoms with E-state index in [4.69, 9.17) is 5.26 Å². The van der Waals surface area contributed by atoms with Crippen molar-refractivity contribution >= 4 is 0 Å². The van der Waals surface area contributed by atoms with Crippen LogP contribution in [0.3, 0.4) is 0 Å². The lowest BCUT2D eigenvalue weighted by atomic mass is 10.1. The predicted octanol–water partition coefficient (Wildman–Crippen LogP) is 5.08. The minimum Gasteiger partial charge on any atom is -0.206 e. The molecule has 2 heteroatoms. The van der Waals surface area contributed by atoms with Crippen molar-refractivity contribution in [3.8, 4) is 6.07 Å². The predicted molar refractivity (Wildman–Crippen MR) is 68.6 cm³/mol. The molecule has 0 saturated carbocycles. The quantitative estimate of drug-likeness (QED) is 0.362. The van der Waals surface area contributed by atoms with E-state index in [0.29, 0.717) is 12.8 Å². The monoisotopic (exact) mass is 223 g/mol. The van der Waals surface area contributed by atoms with E-state index >= 15 is 0 Å². The summed E-state index contributed by atoms with van der Waals surface area (Å²) in [6.45, 7) is 11.4. The highest BCUT2D eigenvalue weighted by Gasteiger charge is 2.01. The standard InChI is InChI=1S/C12H16FN.C2H6/c1-4-10(3)7-6-8-11(9-14)12(13)5-2;1-2/h5,7H,2,4,6,8H2,1,3H3;1-2H3/b10-7+,12-11-;. The van der Waals surface area contributed by atoms with Crippen molar-refractivity contribution < 1.29 is 4.39 Å². The normalized spacial score (nSPS) is 11.9. The first-order valence-corrected chi connectivity index (χ1v) is 5.72. The van der Waals surface area contributed by atoms with Gasteiger partial charge in [-0.1, -0.05) is 39.0 Å². The number of halogens is 1. The lowest BCUT2D eigenvalue weighted by molar-refractivity contribution is 0.652. The minimum atomic E-state index is -0.505. The molecule has 0 spiro atoms. The van der Waals surface area contributed by atoms with Crippen molar-refractivity contribution in [1.29, 1.82) is 5.26 Å². The first-order valence-electron chi connectivity index (χ1n) is 5.72. The van der Waals surface area contributed by atoms with Gasteiger partial charge in [-0.15, -0.1) is 0 Å². The van der Waals surface area contributed by atoms with Crippen LogP contribution >= 0.6 is 0 Å². The third kappa shape index (κ3) is 7.99. The molecule has 0 atom stereocenters. The Bertz CT molecular complexity index is 292. The molecule has 0 aromatic heterocycles. The van der Waals surface area contributed by atoms with Crippen molar-refractivity contribution in [2.45, 2.75) is 47.0 Å². The third-order valence-corrected chi connectivity index (χ3v) is 2.05. The first kappa shape index (κ1) is 17.0. The van der Waals surface area contributed by atoms with Gasteiger partial charge in [-0.2, -0.15) is 5.26 Å². The van der Waals surface area contributed by atoms with E-state index in [1.165, 1.54) is 5.57 Å². The Morgan fingerprint density at radius 2 is 2.00 bits per heavy atom. The second-order valence-electron chi connectivity index (χ2n) is 3.09. The summed E-state index contributed by atoms with van der Waals surface area (Å²) in [5.74, 6) is -0.505. The van der Waals surface area contributed by atoms with Crippen molar-refractivity contribution in [1.82, 2.24) is 0 Å². The fraction of sp³-hybridized carbons (Fsp3) is 0.500. The Labute approximate surface area is 99.0 Å². The molecule has 0 rings (SSSR count). The van der Waals surface area contributed by atoms with Gasteiger partial charge in [0.25, 0.3) is 0 Å². The van der Waals surface area contributed by atoms with Crippen molar-refractivity contribution in [2.75, 3.05) is 0 Å². The second-order valence-corrected chi connectivity index (χ2v) is 3.09. The van der Waals surface area contributed by atoms with Crippen LogP contribution in [0.2, 0.25) is 0 Å². The van der Waals surface area contributed by atoms with Crippen LogP contribution in [-0.2, 0) is 0 Å². The van der Waals surface area contributed by atoms with Crippen LogP contribution in [0.5, 0.6) is 0 Å². The van der Waals surface area contributed by atoms with E-state index in [-0.39, 0.29) is 5.57 Å². The molecule has 0 aliphatic rings. The van der Waals surface area contributed by atoms with Gasteiger partial charge < -0.3 is 0 Å². The Hall–Kier alpha value is -1.36. The topological polar surface area (TPSA) is 23.8 Å². The molecule has 0 bridgehead atoms. The summed E-state index contributed by atoms with van der Waals surface area (Å²) >= 11 is 0. The highest BCUT2D eigenvalue weighted by atomic mass is 19.1. The van der Waals surface area contributed by atoms with Crippen molar-refractivity contribution in [2.24, 2.45) is 0 Å². The second kappa shape index (κ2) is 11.7. The average Bonchev–Trinajstić information content (AvgIpc) is 2.35. The molecular formula is C14H22FN. The fourth-order valence-corrected chi connectivity index (χ4v) is 0.959. The van der Waals surface area contributed by atoms with Crippen LogP contribution in [0.1, 0.15) is 47.0 Å². The fourth-order valence-electron chi connectivity index (χ4n) is 0.959. The van der Waals surface area contributed by atoms with Gasteiger partial charge in [-0.05, 0) is 32.3 Å². The van der Waals surface area contributed by atoms with Gasteiger partial charge in [-0.25, -0.2) is 4.39 Å². The van der Waals surface area contributed by atoms with Crippen molar-refractivity contribution in [3.63, 3.8) is 0 Å². The molecule has 0 aliphatic heterocycles. The summed E-state index contributed by atoms with van der Waals surface area (Å²) in [7, 11) is 0. The van der Waals surface area contributed by atoms with E-state index in [0.717, 1.165) is 12.5 Å². The highest BCUT2D eigenvalue weighted by molar-refractivity contribution is 5.29. The number of rotatable bonds is 5. The maximum Gasteiger partial charge on any atom is 0.136 e. The van der Waals surface area contributed by atoms with Crippen LogP contribution in [0.25, 0.3) is 0 Å². The van der Waals surface area contributed by atoms with Gasteiger partial charge >= 0.3 is 0 Å². The Morgan fingerprint density at radius 3 is 2.38 bits per heavy atom. The molecule has 0 fully saturated rings. The zero-order chi connectivity index (χ0) is 13.0. The van der Waals surface area contributed by atoms with Gasteiger partial charge in [0.15, 0.2) is 0 Å². The summed E-state index contributed by atoms with van der Waals surface area (Å²) in [4.78, 5) is 0. The number of hydrogen-bond donors (Lipinski definition) is 0. The van der Waals surface area contributed by atoms with Crippen LogP contribution in [0, 0.1) is 11.3 Å². The lowest BCUT2D eigenvalue weighted by Crippen LogP contribution is -1.83. The Balaban J connectivity index is 0. The summed E-state index contributed by atoms with van der Waals surface area (Å²) in [5.41, 5.74) is 1.45. The first-order chi connectivity index (χ1) is 7.65. The van der Waals surface area contributed by atoms with Crippen molar-refractivity contribution in [3.05, 3.63) is 35.7 Å². The van der Waals surface area contributed by atoms with Crippen LogP contribution in [0.15, 0.2) is 35.7 Å². The van der Waals surface area contributed by atoms with Gasteiger partial charge in [0.2, 0.25) is 0 Å². The summed E-state index contributed by atoms with van der Waals surface area (Å²) < 4.78 is 12.9. The van der Waals surface area contributed by atoms with E-state index in [1.54, 1.807) is 0 Å². The number of nitriles is 1. The number of nitrogens with zero attached hydrogens (tertiary/aromatic N) is 1. The molecule has 1 nitrogen and oxygen atoms in total. The SMILES string of the molecule is C=C/C(F)=C(/C#N)CC/C=C(\C)CC.CC. The van der Waals surface area contributed by atoms with Gasteiger partial charge in [0, 0.05) is 0 Å². The molecule has 0 aromatic carbocycles. The molecular weight excluding hydrogens is 201 g/mol. The van der Waals surface area contributed by atoms with E-state index < -0.39 is 5.83 Å². The molecule has 0 aromatic rings. The molecule has 0 amide bonds. The summed E-state index contributed by atoms with van der Waals surface area (Å²) in [5, 5.41) is 8.63. The molecule has 0 radical (unpaired) electrons. The van der Waals surface area contributed by atoms with Gasteiger partial charge in [0.05, 0.1) is 11.6 Å². The zero-order valence-corrected chi connectivity index (χ0v) is 10.8. The lowest BCUT2D eigenvalue weighted by Gasteiger charge is -1.97. The largest absolute Gasteiger partial charge is 0.206 e. The molecule has 90 valence electrons. The van der Waals surface area contributed by atoms with Crippen LogP contribution in [0.4, 0.5) is 4.39 Å². The van der Waals surface area contributed by atoms with E-state index in [2.05, 4.69) is 13.5 Å².